The number of nitrogens with zero attached hydrogens (tertiary/aromatic N) is 1. The van der Waals surface area contributed by atoms with Crippen LogP contribution in [-0.2, 0) is 17.9 Å². The van der Waals surface area contributed by atoms with E-state index in [1.165, 1.54) is 13.2 Å². The number of guanidine groups is 1. The van der Waals surface area contributed by atoms with Crippen LogP contribution in [0.3, 0.4) is 0 Å². The maximum Gasteiger partial charge on any atom is 0.387 e. The van der Waals surface area contributed by atoms with E-state index in [1.54, 1.807) is 30.3 Å². The number of alkyl halides is 2. The van der Waals surface area contributed by atoms with E-state index in [1.807, 2.05) is 13.0 Å². The fourth-order valence-electron chi connectivity index (χ4n) is 2.61. The van der Waals surface area contributed by atoms with E-state index in [2.05, 4.69) is 20.4 Å². The van der Waals surface area contributed by atoms with Crippen LogP contribution >= 0.6 is 0 Å². The van der Waals surface area contributed by atoms with Crippen LogP contribution in [0.5, 0.6) is 17.2 Å². The number of primary amides is 1. The number of halogens is 2. The first kappa shape index (κ1) is 23.7. The lowest BCUT2D eigenvalue weighted by molar-refractivity contribution is -0.119. The predicted octanol–water partition coefficient (Wildman–Crippen LogP) is 2.42. The smallest absolute Gasteiger partial charge is 0.387 e. The summed E-state index contributed by atoms with van der Waals surface area (Å²) in [7, 11) is 1.49. The lowest BCUT2D eigenvalue weighted by Crippen LogP contribution is -2.36. The van der Waals surface area contributed by atoms with Gasteiger partial charge in [-0.3, -0.25) is 4.79 Å². The minimum absolute atomic E-state index is 0.0541. The van der Waals surface area contributed by atoms with Gasteiger partial charge in [-0.2, -0.15) is 8.78 Å². The van der Waals surface area contributed by atoms with E-state index in [9.17, 15) is 13.6 Å². The molecule has 168 valence electrons. The summed E-state index contributed by atoms with van der Waals surface area (Å²) in [6.45, 7) is -0.119. The van der Waals surface area contributed by atoms with Crippen molar-refractivity contribution < 1.29 is 27.8 Å². The molecule has 31 heavy (non-hydrogen) atoms. The van der Waals surface area contributed by atoms with Crippen molar-refractivity contribution >= 4 is 11.9 Å². The first-order chi connectivity index (χ1) is 14.9. The number of rotatable bonds is 11. The molecule has 1 amide bonds. The Morgan fingerprint density at radius 1 is 1.16 bits per heavy atom. The van der Waals surface area contributed by atoms with Crippen molar-refractivity contribution in [2.45, 2.75) is 26.6 Å². The second-order valence-corrected chi connectivity index (χ2v) is 6.30. The first-order valence-corrected chi connectivity index (χ1v) is 9.55. The second kappa shape index (κ2) is 12.2. The molecule has 10 heteroatoms. The van der Waals surface area contributed by atoms with Gasteiger partial charge in [0.2, 0.25) is 0 Å². The highest BCUT2D eigenvalue weighted by atomic mass is 19.3. The van der Waals surface area contributed by atoms with Gasteiger partial charge < -0.3 is 30.6 Å². The number of hydrogen-bond donors (Lipinski definition) is 3. The monoisotopic (exact) mass is 436 g/mol. The molecule has 2 rings (SSSR count). The highest BCUT2D eigenvalue weighted by Crippen LogP contribution is 2.25. The van der Waals surface area contributed by atoms with Crippen LogP contribution in [0.15, 0.2) is 47.5 Å². The molecular formula is C21H26F2N4O4. The number of ether oxygens (including phenoxy) is 3. The summed E-state index contributed by atoms with van der Waals surface area (Å²) in [6.07, 6.45) is 0. The van der Waals surface area contributed by atoms with Crippen LogP contribution in [-0.4, -0.2) is 38.7 Å². The van der Waals surface area contributed by atoms with Gasteiger partial charge in [-0.15, -0.1) is 0 Å². The molecular weight excluding hydrogens is 410 g/mol. The normalized spacial score (nSPS) is 11.2. The molecule has 0 aliphatic heterocycles. The molecule has 0 saturated carbocycles. The van der Waals surface area contributed by atoms with Gasteiger partial charge in [-0.25, -0.2) is 4.99 Å². The zero-order chi connectivity index (χ0) is 22.6. The minimum atomic E-state index is -2.93. The highest BCUT2D eigenvalue weighted by Gasteiger charge is 2.12. The SMILES string of the molecule is CCNC(=NCc1cccc(OCC(N)=O)c1)NCc1cc(OC)ccc1OC(F)F. The quantitative estimate of drug-likeness (QED) is 0.369. The maximum absolute atomic E-state index is 12.7. The number of hydrogen-bond acceptors (Lipinski definition) is 5. The van der Waals surface area contributed by atoms with Gasteiger partial charge >= 0.3 is 6.61 Å². The molecule has 0 radical (unpaired) electrons. The summed E-state index contributed by atoms with van der Waals surface area (Å²) < 4.78 is 40.4. The zero-order valence-corrected chi connectivity index (χ0v) is 17.4. The average Bonchev–Trinajstić information content (AvgIpc) is 2.75. The molecule has 0 bridgehead atoms. The van der Waals surface area contributed by atoms with Gasteiger partial charge in [0.05, 0.1) is 13.7 Å². The Kier molecular flexibility index (Phi) is 9.34. The summed E-state index contributed by atoms with van der Waals surface area (Å²) in [6, 6.07) is 11.7. The lowest BCUT2D eigenvalue weighted by atomic mass is 10.2. The van der Waals surface area contributed by atoms with Crippen LogP contribution < -0.4 is 30.6 Å². The van der Waals surface area contributed by atoms with Crippen molar-refractivity contribution in [3.63, 3.8) is 0 Å². The van der Waals surface area contributed by atoms with Gasteiger partial charge in [-0.05, 0) is 42.8 Å². The Labute approximate surface area is 179 Å². The van der Waals surface area contributed by atoms with Gasteiger partial charge in [0.15, 0.2) is 12.6 Å². The van der Waals surface area contributed by atoms with Crippen molar-refractivity contribution in [3.8, 4) is 17.2 Å². The third-order valence-corrected chi connectivity index (χ3v) is 3.97. The van der Waals surface area contributed by atoms with Gasteiger partial charge in [0, 0.05) is 18.7 Å². The number of aliphatic imine (C=N–C) groups is 1. The summed E-state index contributed by atoms with van der Waals surface area (Å²) in [5, 5.41) is 6.19. The van der Waals surface area contributed by atoms with E-state index >= 15 is 0 Å². The fraction of sp³-hybridized carbons (Fsp3) is 0.333. The second-order valence-electron chi connectivity index (χ2n) is 6.30. The van der Waals surface area contributed by atoms with Gasteiger partial charge in [0.1, 0.15) is 17.2 Å². The number of nitrogens with one attached hydrogen (secondary N) is 2. The molecule has 0 fully saturated rings. The van der Waals surface area contributed by atoms with Crippen molar-refractivity contribution in [2.24, 2.45) is 10.7 Å². The van der Waals surface area contributed by atoms with Crippen molar-refractivity contribution in [3.05, 3.63) is 53.6 Å². The third kappa shape index (κ3) is 8.37. The summed E-state index contributed by atoms with van der Waals surface area (Å²) in [5.41, 5.74) is 6.43. The molecule has 0 unspecified atom stereocenters. The maximum atomic E-state index is 12.7. The largest absolute Gasteiger partial charge is 0.497 e. The van der Waals surface area contributed by atoms with Crippen LogP contribution in [0.4, 0.5) is 8.78 Å². The Hall–Kier alpha value is -3.56. The van der Waals surface area contributed by atoms with Crippen molar-refractivity contribution in [1.29, 1.82) is 0 Å². The van der Waals surface area contributed by atoms with Crippen molar-refractivity contribution in [1.82, 2.24) is 10.6 Å². The number of nitrogens with two attached hydrogens (primary N) is 1. The molecule has 0 heterocycles. The van der Waals surface area contributed by atoms with Crippen LogP contribution in [0.25, 0.3) is 0 Å². The summed E-state index contributed by atoms with van der Waals surface area (Å²) in [4.78, 5) is 15.4. The predicted molar refractivity (Wildman–Crippen MR) is 112 cm³/mol. The first-order valence-electron chi connectivity index (χ1n) is 9.55. The molecule has 2 aromatic carbocycles. The molecule has 0 spiro atoms. The number of carbonyl (C=O) groups is 1. The summed E-state index contributed by atoms with van der Waals surface area (Å²) >= 11 is 0. The van der Waals surface area contributed by atoms with Crippen molar-refractivity contribution in [2.75, 3.05) is 20.3 Å². The Morgan fingerprint density at radius 2 is 1.97 bits per heavy atom. The molecule has 0 saturated heterocycles. The Balaban J connectivity index is 2.08. The Morgan fingerprint density at radius 3 is 2.65 bits per heavy atom. The van der Waals surface area contributed by atoms with Crippen LogP contribution in [0.2, 0.25) is 0 Å². The van der Waals surface area contributed by atoms with Crippen LogP contribution in [0.1, 0.15) is 18.1 Å². The average molecular weight is 436 g/mol. The highest BCUT2D eigenvalue weighted by molar-refractivity contribution is 5.79. The molecule has 2 aromatic rings. The number of amides is 1. The van der Waals surface area contributed by atoms with E-state index in [0.717, 1.165) is 5.56 Å². The number of benzene rings is 2. The van der Waals surface area contributed by atoms with E-state index in [0.29, 0.717) is 36.1 Å². The molecule has 0 aromatic heterocycles. The lowest BCUT2D eigenvalue weighted by Gasteiger charge is -2.15. The van der Waals surface area contributed by atoms with E-state index < -0.39 is 12.5 Å². The topological polar surface area (TPSA) is 107 Å². The Bertz CT molecular complexity index is 893. The molecule has 0 aliphatic rings. The fourth-order valence-corrected chi connectivity index (χ4v) is 2.61. The third-order valence-electron chi connectivity index (χ3n) is 3.97. The molecule has 4 N–H and O–H groups in total. The zero-order valence-electron chi connectivity index (χ0n) is 17.4. The standard InChI is InChI=1S/C21H26F2N4O4/c1-3-25-21(26-11-14-5-4-6-17(9-14)30-13-19(24)28)27-12-15-10-16(29-2)7-8-18(15)31-20(22)23/h4-10,20H,3,11-13H2,1-2H3,(H2,24,28)(H2,25,26,27). The van der Waals surface area contributed by atoms with Gasteiger partial charge in [-0.1, -0.05) is 12.1 Å². The van der Waals surface area contributed by atoms with E-state index in [4.69, 9.17) is 15.2 Å². The van der Waals surface area contributed by atoms with Gasteiger partial charge in [0.25, 0.3) is 5.91 Å². The molecule has 8 nitrogen and oxygen atoms in total. The van der Waals surface area contributed by atoms with Crippen LogP contribution in [0, 0.1) is 0 Å². The number of carbonyl (C=O) groups excluding carboxylic acids is 1. The molecule has 0 atom stereocenters. The minimum Gasteiger partial charge on any atom is -0.497 e. The van der Waals surface area contributed by atoms with E-state index in [-0.39, 0.29) is 18.9 Å². The summed E-state index contributed by atoms with van der Waals surface area (Å²) in [5.74, 6) is 1.01. The molecule has 0 aliphatic carbocycles. The number of methoxy groups -OCH3 is 1.